The van der Waals surface area contributed by atoms with Gasteiger partial charge in [-0.25, -0.2) is 0 Å². The van der Waals surface area contributed by atoms with Gasteiger partial charge in [-0.05, 0) is 12.1 Å². The Labute approximate surface area is 135 Å². The largest absolute Gasteiger partial charge is 0.477 e. The van der Waals surface area contributed by atoms with Crippen LogP contribution in [0.3, 0.4) is 0 Å². The van der Waals surface area contributed by atoms with E-state index in [-0.39, 0.29) is 18.4 Å². The molecule has 2 aliphatic rings. The minimum atomic E-state index is -0.691. The van der Waals surface area contributed by atoms with Gasteiger partial charge in [-0.1, -0.05) is 12.1 Å². The lowest BCUT2D eigenvalue weighted by Crippen LogP contribution is -2.53. The Kier molecular flexibility index (Phi) is 4.78. The Morgan fingerprint density at radius 2 is 2.00 bits per heavy atom. The minimum absolute atomic E-state index is 0.0310. The SMILES string of the molecule is CNC(=O)[C@@H]1CN(C(=O)CN2CCOCC2)c2ccccc2O1. The summed E-state index contributed by atoms with van der Waals surface area (Å²) >= 11 is 0. The van der Waals surface area contributed by atoms with Gasteiger partial charge in [0.05, 0.1) is 32.0 Å². The molecule has 1 saturated heterocycles. The Bertz CT molecular complexity index is 586. The second kappa shape index (κ2) is 6.97. The van der Waals surface area contributed by atoms with E-state index in [1.807, 2.05) is 18.2 Å². The molecule has 0 bridgehead atoms. The van der Waals surface area contributed by atoms with Crippen molar-refractivity contribution in [3.05, 3.63) is 24.3 Å². The van der Waals surface area contributed by atoms with Crippen LogP contribution in [-0.4, -0.2) is 69.3 Å². The first-order valence-electron chi connectivity index (χ1n) is 7.77. The third-order valence-corrected chi connectivity index (χ3v) is 4.08. The Balaban J connectivity index is 1.78. The van der Waals surface area contributed by atoms with Crippen molar-refractivity contribution >= 4 is 17.5 Å². The van der Waals surface area contributed by atoms with Crippen molar-refractivity contribution in [2.45, 2.75) is 6.10 Å². The van der Waals surface area contributed by atoms with Crippen molar-refractivity contribution in [3.8, 4) is 5.75 Å². The minimum Gasteiger partial charge on any atom is -0.477 e. The number of likely N-dealkylation sites (N-methyl/N-ethyl adjacent to an activating group) is 1. The van der Waals surface area contributed by atoms with Crippen LogP contribution in [0.25, 0.3) is 0 Å². The van der Waals surface area contributed by atoms with Crippen LogP contribution in [0.1, 0.15) is 0 Å². The van der Waals surface area contributed by atoms with Gasteiger partial charge >= 0.3 is 0 Å². The number of fused-ring (bicyclic) bond motifs is 1. The van der Waals surface area contributed by atoms with E-state index < -0.39 is 6.10 Å². The standard InChI is InChI=1S/C16H21N3O4/c1-17-16(21)14-10-19(12-4-2-3-5-13(12)23-14)15(20)11-18-6-8-22-9-7-18/h2-5,14H,6-11H2,1H3,(H,17,21)/t14-/m0/s1. The molecule has 0 saturated carbocycles. The molecule has 2 heterocycles. The van der Waals surface area contributed by atoms with Crippen LogP contribution in [0.15, 0.2) is 24.3 Å². The van der Waals surface area contributed by atoms with Gasteiger partial charge in [0.2, 0.25) is 5.91 Å². The summed E-state index contributed by atoms with van der Waals surface area (Å²) in [6.45, 7) is 3.33. The molecule has 7 heteroatoms. The highest BCUT2D eigenvalue weighted by atomic mass is 16.5. The third-order valence-electron chi connectivity index (χ3n) is 4.08. The van der Waals surface area contributed by atoms with E-state index in [0.29, 0.717) is 31.2 Å². The zero-order chi connectivity index (χ0) is 16.2. The maximum Gasteiger partial charge on any atom is 0.262 e. The molecule has 2 amide bonds. The van der Waals surface area contributed by atoms with Crippen LogP contribution >= 0.6 is 0 Å². The first kappa shape index (κ1) is 15.8. The number of carbonyl (C=O) groups is 2. The molecule has 1 aromatic rings. The van der Waals surface area contributed by atoms with Gasteiger partial charge in [-0.3, -0.25) is 14.5 Å². The molecule has 23 heavy (non-hydrogen) atoms. The summed E-state index contributed by atoms with van der Waals surface area (Å²) in [4.78, 5) is 28.4. The highest BCUT2D eigenvalue weighted by molar-refractivity contribution is 5.98. The van der Waals surface area contributed by atoms with Gasteiger partial charge in [-0.15, -0.1) is 0 Å². The van der Waals surface area contributed by atoms with Crippen molar-refractivity contribution in [2.24, 2.45) is 0 Å². The molecule has 0 spiro atoms. The number of benzene rings is 1. The predicted molar refractivity (Wildman–Crippen MR) is 84.5 cm³/mol. The molecule has 1 fully saturated rings. The summed E-state index contributed by atoms with van der Waals surface area (Å²) in [6.07, 6.45) is -0.691. The molecule has 1 N–H and O–H groups in total. The number of rotatable bonds is 3. The third kappa shape index (κ3) is 3.46. The van der Waals surface area contributed by atoms with Crippen molar-refractivity contribution in [3.63, 3.8) is 0 Å². The number of ether oxygens (including phenoxy) is 2. The van der Waals surface area contributed by atoms with Crippen LogP contribution in [0, 0.1) is 0 Å². The second-order valence-electron chi connectivity index (χ2n) is 5.58. The average molecular weight is 319 g/mol. The highest BCUT2D eigenvalue weighted by Gasteiger charge is 2.33. The molecule has 0 unspecified atom stereocenters. The van der Waals surface area contributed by atoms with Crippen LogP contribution < -0.4 is 15.0 Å². The maximum atomic E-state index is 12.7. The lowest BCUT2D eigenvalue weighted by atomic mass is 10.1. The summed E-state index contributed by atoms with van der Waals surface area (Å²) in [5.74, 6) is 0.294. The number of carbonyl (C=O) groups excluding carboxylic acids is 2. The summed E-state index contributed by atoms with van der Waals surface area (Å²) in [5, 5.41) is 2.58. The van der Waals surface area contributed by atoms with Gasteiger partial charge in [0.1, 0.15) is 5.75 Å². The molecule has 0 aromatic heterocycles. The fourth-order valence-corrected chi connectivity index (χ4v) is 2.80. The van der Waals surface area contributed by atoms with Gasteiger partial charge in [0.25, 0.3) is 5.91 Å². The number of amides is 2. The summed E-state index contributed by atoms with van der Waals surface area (Å²) in [6, 6.07) is 7.30. The summed E-state index contributed by atoms with van der Waals surface area (Å²) in [5.41, 5.74) is 0.714. The summed E-state index contributed by atoms with van der Waals surface area (Å²) < 4.78 is 11.0. The molecule has 3 rings (SSSR count). The number of para-hydroxylation sites is 2. The van der Waals surface area contributed by atoms with E-state index in [1.165, 1.54) is 0 Å². The lowest BCUT2D eigenvalue weighted by molar-refractivity contribution is -0.128. The fourth-order valence-electron chi connectivity index (χ4n) is 2.80. The zero-order valence-corrected chi connectivity index (χ0v) is 13.2. The Morgan fingerprint density at radius 3 is 2.74 bits per heavy atom. The first-order valence-corrected chi connectivity index (χ1v) is 7.77. The second-order valence-corrected chi connectivity index (χ2v) is 5.58. The topological polar surface area (TPSA) is 71.1 Å². The van der Waals surface area contributed by atoms with Gasteiger partial charge in [0, 0.05) is 20.1 Å². The average Bonchev–Trinajstić information content (AvgIpc) is 2.60. The van der Waals surface area contributed by atoms with E-state index in [0.717, 1.165) is 13.1 Å². The number of nitrogens with zero attached hydrogens (tertiary/aromatic N) is 2. The van der Waals surface area contributed by atoms with Crippen molar-refractivity contribution < 1.29 is 19.1 Å². The van der Waals surface area contributed by atoms with E-state index >= 15 is 0 Å². The quantitative estimate of drug-likeness (QED) is 0.840. The van der Waals surface area contributed by atoms with Crippen molar-refractivity contribution in [1.82, 2.24) is 10.2 Å². The van der Waals surface area contributed by atoms with E-state index in [9.17, 15) is 9.59 Å². The van der Waals surface area contributed by atoms with Crippen LogP contribution in [0.4, 0.5) is 5.69 Å². The Hall–Kier alpha value is -2.12. The number of morpholine rings is 1. The number of hydrogen-bond donors (Lipinski definition) is 1. The Morgan fingerprint density at radius 1 is 1.26 bits per heavy atom. The van der Waals surface area contributed by atoms with E-state index in [2.05, 4.69) is 10.2 Å². The molecule has 0 aliphatic carbocycles. The predicted octanol–water partition coefficient (Wildman–Crippen LogP) is -0.141. The normalized spacial score (nSPS) is 21.3. The van der Waals surface area contributed by atoms with E-state index in [4.69, 9.17) is 9.47 Å². The molecular weight excluding hydrogens is 298 g/mol. The van der Waals surface area contributed by atoms with E-state index in [1.54, 1.807) is 18.0 Å². The van der Waals surface area contributed by atoms with Crippen molar-refractivity contribution in [2.75, 3.05) is 51.3 Å². The molecule has 7 nitrogen and oxygen atoms in total. The number of nitrogens with one attached hydrogen (secondary N) is 1. The molecule has 124 valence electrons. The number of hydrogen-bond acceptors (Lipinski definition) is 5. The molecular formula is C16H21N3O4. The molecule has 1 atom stereocenters. The highest BCUT2D eigenvalue weighted by Crippen LogP contribution is 2.33. The van der Waals surface area contributed by atoms with Crippen LogP contribution in [0.2, 0.25) is 0 Å². The smallest absolute Gasteiger partial charge is 0.262 e. The zero-order valence-electron chi connectivity index (χ0n) is 13.2. The fraction of sp³-hybridized carbons (Fsp3) is 0.500. The van der Waals surface area contributed by atoms with Gasteiger partial charge in [-0.2, -0.15) is 0 Å². The molecule has 0 radical (unpaired) electrons. The number of anilines is 1. The first-order chi connectivity index (χ1) is 11.2. The van der Waals surface area contributed by atoms with Crippen LogP contribution in [-0.2, 0) is 14.3 Å². The van der Waals surface area contributed by atoms with Crippen molar-refractivity contribution in [1.29, 1.82) is 0 Å². The molecule has 1 aromatic carbocycles. The van der Waals surface area contributed by atoms with Crippen LogP contribution in [0.5, 0.6) is 5.75 Å². The van der Waals surface area contributed by atoms with Gasteiger partial charge in [0.15, 0.2) is 6.10 Å². The monoisotopic (exact) mass is 319 g/mol. The molecule has 2 aliphatic heterocycles. The van der Waals surface area contributed by atoms with Gasteiger partial charge < -0.3 is 19.7 Å². The maximum absolute atomic E-state index is 12.7. The summed E-state index contributed by atoms with van der Waals surface area (Å²) in [7, 11) is 1.56. The lowest BCUT2D eigenvalue weighted by Gasteiger charge is -2.35.